The Labute approximate surface area is 236 Å². The molecule has 0 saturated heterocycles. The Morgan fingerprint density at radius 3 is 2.62 bits per heavy atom. The predicted octanol–water partition coefficient (Wildman–Crippen LogP) is 4.82. The second-order valence-corrected chi connectivity index (χ2v) is 9.99. The lowest BCUT2D eigenvalue weighted by molar-refractivity contribution is -0.140. The number of nitrogens with one attached hydrogen (secondary N) is 2. The minimum Gasteiger partial charge on any atom is -0.497 e. The number of carbonyl (C=O) groups is 1. The van der Waals surface area contributed by atoms with E-state index >= 15 is 0 Å². The molecule has 0 spiro atoms. The number of aromatic amines is 1. The highest BCUT2D eigenvalue weighted by molar-refractivity contribution is 6.05. The lowest BCUT2D eigenvalue weighted by Gasteiger charge is -2.13. The van der Waals surface area contributed by atoms with Crippen molar-refractivity contribution in [2.45, 2.75) is 44.4 Å². The number of ether oxygens (including phenoxy) is 1. The number of amides is 1. The lowest BCUT2D eigenvalue weighted by atomic mass is 10.1. The fraction of sp³-hybridized carbons (Fsp3) is 0.286. The summed E-state index contributed by atoms with van der Waals surface area (Å²) >= 11 is 0. The molecule has 0 unspecified atom stereocenters. The summed E-state index contributed by atoms with van der Waals surface area (Å²) in [5, 5.41) is 14.1. The van der Waals surface area contributed by atoms with Gasteiger partial charge in [-0.05, 0) is 48.7 Å². The molecular weight excluding hydrogens is 553 g/mol. The monoisotopic (exact) mass is 578 g/mol. The first-order chi connectivity index (χ1) is 20.2. The third-order valence-corrected chi connectivity index (χ3v) is 7.27. The number of fused-ring (bicyclic) bond motifs is 1. The van der Waals surface area contributed by atoms with E-state index in [9.17, 15) is 22.8 Å². The van der Waals surface area contributed by atoms with Crippen LogP contribution in [0.15, 0.2) is 59.7 Å². The second kappa shape index (κ2) is 10.8. The molecule has 0 bridgehead atoms. The van der Waals surface area contributed by atoms with Crippen molar-refractivity contribution in [1.29, 1.82) is 0 Å². The first kappa shape index (κ1) is 27.2. The maximum absolute atomic E-state index is 14.0. The molecule has 1 saturated carbocycles. The number of rotatable bonds is 7. The Kier molecular flexibility index (Phi) is 6.96. The summed E-state index contributed by atoms with van der Waals surface area (Å²) in [6, 6.07) is 12.7. The van der Waals surface area contributed by atoms with Crippen LogP contribution in [-0.2, 0) is 12.7 Å². The van der Waals surface area contributed by atoms with E-state index in [0.717, 1.165) is 36.4 Å². The van der Waals surface area contributed by atoms with Crippen molar-refractivity contribution in [2.24, 2.45) is 0 Å². The van der Waals surface area contributed by atoms with Gasteiger partial charge in [0.05, 0.1) is 19.0 Å². The van der Waals surface area contributed by atoms with Crippen molar-refractivity contribution < 1.29 is 22.7 Å². The quantitative estimate of drug-likeness (QED) is 0.283. The number of H-pyrrole nitrogens is 1. The van der Waals surface area contributed by atoms with Gasteiger partial charge < -0.3 is 19.6 Å². The molecule has 6 rings (SSSR count). The summed E-state index contributed by atoms with van der Waals surface area (Å²) in [7, 11) is 1.50. The zero-order valence-electron chi connectivity index (χ0n) is 22.4. The minimum absolute atomic E-state index is 0.0553. The number of anilines is 1. The highest BCUT2D eigenvalue weighted by Crippen LogP contribution is 2.34. The van der Waals surface area contributed by atoms with Gasteiger partial charge >= 0.3 is 6.18 Å². The molecule has 14 heteroatoms. The maximum Gasteiger partial charge on any atom is 0.435 e. The Bertz CT molecular complexity index is 1820. The predicted molar refractivity (Wildman–Crippen MR) is 146 cm³/mol. The number of carbonyl (C=O) groups excluding carboxylic acids is 1. The molecule has 42 heavy (non-hydrogen) atoms. The Hall–Kier alpha value is -5.01. The van der Waals surface area contributed by atoms with Crippen LogP contribution in [0.25, 0.3) is 22.6 Å². The standard InChI is InChI=1S/C28H25F3N8O3/c1-42-18-11-9-16(10-12-18)14-39-24-19(23(37-39)28(29,30)31)13-20(27(41)35-24)26(40)34-22-8-4-7-21(33-22)25-36-32-15-38(25)17-5-2-3-6-17/h4,7-13,15,17H,2-3,5-6,14H2,1H3,(H,35,41)(H,33,34,40). The van der Waals surface area contributed by atoms with Gasteiger partial charge in [0.2, 0.25) is 0 Å². The molecule has 11 nitrogen and oxygen atoms in total. The fourth-order valence-electron chi connectivity index (χ4n) is 5.21. The zero-order chi connectivity index (χ0) is 29.4. The van der Waals surface area contributed by atoms with Crippen LogP contribution in [-0.4, -0.2) is 47.5 Å². The number of benzene rings is 1. The highest BCUT2D eigenvalue weighted by Gasteiger charge is 2.37. The third kappa shape index (κ3) is 5.22. The maximum atomic E-state index is 14.0. The van der Waals surface area contributed by atoms with Crippen LogP contribution in [0.3, 0.4) is 0 Å². The molecular formula is C28H25F3N8O3. The molecule has 216 valence electrons. The van der Waals surface area contributed by atoms with Gasteiger partial charge in [0.15, 0.2) is 11.5 Å². The van der Waals surface area contributed by atoms with E-state index in [1.807, 2.05) is 4.57 Å². The molecule has 2 N–H and O–H groups in total. The Morgan fingerprint density at radius 2 is 1.90 bits per heavy atom. The fourth-order valence-corrected chi connectivity index (χ4v) is 5.21. The van der Waals surface area contributed by atoms with E-state index in [0.29, 0.717) is 22.8 Å². The van der Waals surface area contributed by atoms with Gasteiger partial charge in [0.25, 0.3) is 11.5 Å². The molecule has 1 fully saturated rings. The molecule has 0 radical (unpaired) electrons. The number of hydrogen-bond acceptors (Lipinski definition) is 7. The number of pyridine rings is 2. The van der Waals surface area contributed by atoms with Gasteiger partial charge in [-0.15, -0.1) is 10.2 Å². The number of halogens is 3. The van der Waals surface area contributed by atoms with Gasteiger partial charge in [-0.25, -0.2) is 9.67 Å². The lowest BCUT2D eigenvalue weighted by Crippen LogP contribution is -2.24. The van der Waals surface area contributed by atoms with Crippen LogP contribution in [0.1, 0.15) is 53.3 Å². The number of methoxy groups -OCH3 is 1. The van der Waals surface area contributed by atoms with Crippen LogP contribution >= 0.6 is 0 Å². The number of alkyl halides is 3. The van der Waals surface area contributed by atoms with Crippen LogP contribution in [0, 0.1) is 0 Å². The second-order valence-electron chi connectivity index (χ2n) is 9.99. The minimum atomic E-state index is -4.83. The summed E-state index contributed by atoms with van der Waals surface area (Å²) in [5.74, 6) is 0.302. The molecule has 1 amide bonds. The first-order valence-electron chi connectivity index (χ1n) is 13.2. The summed E-state index contributed by atoms with van der Waals surface area (Å²) in [5.41, 5.74) is -1.68. The van der Waals surface area contributed by atoms with E-state index in [1.165, 1.54) is 13.2 Å². The number of nitrogens with zero attached hydrogens (tertiary/aromatic N) is 6. The SMILES string of the molecule is COc1ccc(Cn2nc(C(F)(F)F)c3cc(C(=O)Nc4cccc(-c5nncn5C5CCCC5)n4)c(=O)[nH]c32)cc1. The van der Waals surface area contributed by atoms with Crippen molar-refractivity contribution in [1.82, 2.24) is 34.5 Å². The van der Waals surface area contributed by atoms with Crippen LogP contribution < -0.4 is 15.6 Å². The van der Waals surface area contributed by atoms with E-state index in [2.05, 4.69) is 30.6 Å². The summed E-state index contributed by atoms with van der Waals surface area (Å²) < 4.78 is 50.0. The van der Waals surface area contributed by atoms with Gasteiger partial charge in [-0.1, -0.05) is 31.0 Å². The van der Waals surface area contributed by atoms with Crippen molar-refractivity contribution in [3.63, 3.8) is 0 Å². The average Bonchev–Trinajstić information content (AvgIpc) is 3.73. The average molecular weight is 579 g/mol. The van der Waals surface area contributed by atoms with Gasteiger partial charge in [0, 0.05) is 6.04 Å². The zero-order valence-corrected chi connectivity index (χ0v) is 22.4. The molecule has 1 aromatic carbocycles. The van der Waals surface area contributed by atoms with Gasteiger partial charge in [0.1, 0.15) is 34.8 Å². The summed E-state index contributed by atoms with van der Waals surface area (Å²) in [6.45, 7) is -0.0553. The van der Waals surface area contributed by atoms with Crippen molar-refractivity contribution in [3.05, 3.63) is 82.0 Å². The van der Waals surface area contributed by atoms with E-state index in [1.54, 1.807) is 42.7 Å². The Balaban J connectivity index is 1.31. The molecule has 1 aliphatic carbocycles. The molecule has 4 heterocycles. The van der Waals surface area contributed by atoms with E-state index in [4.69, 9.17) is 4.74 Å². The van der Waals surface area contributed by atoms with Crippen LogP contribution in [0.5, 0.6) is 5.75 Å². The van der Waals surface area contributed by atoms with Crippen molar-refractivity contribution in [2.75, 3.05) is 12.4 Å². The smallest absolute Gasteiger partial charge is 0.435 e. The van der Waals surface area contributed by atoms with Crippen molar-refractivity contribution in [3.8, 4) is 17.3 Å². The molecule has 1 aliphatic rings. The van der Waals surface area contributed by atoms with Crippen LogP contribution in [0.2, 0.25) is 0 Å². The molecule has 4 aromatic heterocycles. The normalized spacial score (nSPS) is 14.0. The van der Waals surface area contributed by atoms with E-state index < -0.39 is 34.3 Å². The topological polar surface area (TPSA) is 133 Å². The first-order valence-corrected chi connectivity index (χ1v) is 13.2. The van der Waals surface area contributed by atoms with Gasteiger partial charge in [-0.2, -0.15) is 18.3 Å². The summed E-state index contributed by atoms with van der Waals surface area (Å²) in [6.07, 6.45) is 1.05. The van der Waals surface area contributed by atoms with E-state index in [-0.39, 0.29) is 24.1 Å². The number of hydrogen-bond donors (Lipinski definition) is 2. The van der Waals surface area contributed by atoms with Crippen LogP contribution in [0.4, 0.5) is 19.0 Å². The number of aromatic nitrogens is 7. The molecule has 0 aliphatic heterocycles. The molecule has 0 atom stereocenters. The highest BCUT2D eigenvalue weighted by atomic mass is 19.4. The summed E-state index contributed by atoms with van der Waals surface area (Å²) in [4.78, 5) is 33.0. The third-order valence-electron chi connectivity index (χ3n) is 7.27. The van der Waals surface area contributed by atoms with Gasteiger partial charge in [-0.3, -0.25) is 9.59 Å². The van der Waals surface area contributed by atoms with Crippen molar-refractivity contribution >= 4 is 22.8 Å². The molecule has 5 aromatic rings. The largest absolute Gasteiger partial charge is 0.497 e. The Morgan fingerprint density at radius 1 is 1.14 bits per heavy atom.